The summed E-state index contributed by atoms with van der Waals surface area (Å²) in [4.78, 5) is 11.1. The Labute approximate surface area is 142 Å². The number of nitrogens with one attached hydrogen (secondary N) is 1. The van der Waals surface area contributed by atoms with E-state index in [1.165, 1.54) is 5.56 Å². The molecule has 3 nitrogen and oxygen atoms in total. The Morgan fingerprint density at radius 1 is 1.00 bits per heavy atom. The summed E-state index contributed by atoms with van der Waals surface area (Å²) in [7, 11) is 0. The third kappa shape index (κ3) is 3.72. The molecule has 0 aromatic heterocycles. The molecule has 0 saturated heterocycles. The van der Waals surface area contributed by atoms with Gasteiger partial charge >= 0.3 is 43.7 Å². The maximum absolute atomic E-state index is 11.1. The standard InChI is InChI=1S/C15H15NO2.Ca.2H/c1-10-6-5-9-13(11(10)2)16-14-8-4-3-7-12(14)15(17)18;;;/h3-9,16H,1-2H3,(H,17,18);;;. The molecule has 0 bridgehead atoms. The molecule has 0 fully saturated rings. The van der Waals surface area contributed by atoms with E-state index in [2.05, 4.69) is 5.32 Å². The molecule has 0 aliphatic carbocycles. The average Bonchev–Trinajstić information content (AvgIpc) is 2.35. The SMILES string of the molecule is Cc1cccc(Nc2ccccc2C(=O)O)c1C.[CaH2]. The minimum atomic E-state index is -0.927. The Morgan fingerprint density at radius 3 is 2.32 bits per heavy atom. The predicted molar refractivity (Wildman–Crippen MR) is 81.1 cm³/mol. The third-order valence-corrected chi connectivity index (χ3v) is 3.03. The summed E-state index contributed by atoms with van der Waals surface area (Å²) in [5.74, 6) is -0.927. The fraction of sp³-hybridized carbons (Fsp3) is 0.133. The second kappa shape index (κ2) is 6.94. The first-order valence-corrected chi connectivity index (χ1v) is 5.75. The van der Waals surface area contributed by atoms with Crippen molar-refractivity contribution >= 4 is 55.1 Å². The summed E-state index contributed by atoms with van der Waals surface area (Å²) >= 11 is 0. The van der Waals surface area contributed by atoms with Gasteiger partial charge in [0, 0.05) is 5.69 Å². The number of rotatable bonds is 3. The van der Waals surface area contributed by atoms with E-state index in [0.29, 0.717) is 5.69 Å². The van der Waals surface area contributed by atoms with Crippen LogP contribution >= 0.6 is 0 Å². The zero-order valence-electron chi connectivity index (χ0n) is 10.4. The topological polar surface area (TPSA) is 49.3 Å². The molecule has 0 heterocycles. The number of benzene rings is 2. The average molecular weight is 283 g/mol. The maximum atomic E-state index is 11.1. The van der Waals surface area contributed by atoms with Gasteiger partial charge in [0.2, 0.25) is 0 Å². The molecule has 0 spiro atoms. The molecule has 0 atom stereocenters. The minimum absolute atomic E-state index is 0. The van der Waals surface area contributed by atoms with E-state index in [-0.39, 0.29) is 43.3 Å². The molecule has 96 valence electrons. The first-order chi connectivity index (χ1) is 8.59. The van der Waals surface area contributed by atoms with Gasteiger partial charge in [0.05, 0.1) is 11.3 Å². The summed E-state index contributed by atoms with van der Waals surface area (Å²) in [5, 5.41) is 12.3. The van der Waals surface area contributed by atoms with Crippen molar-refractivity contribution < 1.29 is 9.90 Å². The molecule has 2 rings (SSSR count). The Hall–Kier alpha value is -1.03. The molecule has 0 unspecified atom stereocenters. The van der Waals surface area contributed by atoms with Crippen LogP contribution in [-0.4, -0.2) is 48.8 Å². The first-order valence-electron chi connectivity index (χ1n) is 5.75. The summed E-state index contributed by atoms with van der Waals surface area (Å²) in [6.45, 7) is 4.05. The van der Waals surface area contributed by atoms with Crippen LogP contribution in [0.4, 0.5) is 11.4 Å². The first kappa shape index (κ1) is 16.0. The van der Waals surface area contributed by atoms with Crippen LogP contribution in [0.1, 0.15) is 21.5 Å². The summed E-state index contributed by atoms with van der Waals surface area (Å²) in [6.07, 6.45) is 0. The van der Waals surface area contributed by atoms with Crippen LogP contribution in [0, 0.1) is 13.8 Å². The zero-order chi connectivity index (χ0) is 13.1. The van der Waals surface area contributed by atoms with Crippen LogP contribution < -0.4 is 5.32 Å². The van der Waals surface area contributed by atoms with E-state index in [1.807, 2.05) is 38.1 Å². The second-order valence-corrected chi connectivity index (χ2v) is 4.22. The number of hydrogen-bond acceptors (Lipinski definition) is 2. The van der Waals surface area contributed by atoms with E-state index in [4.69, 9.17) is 5.11 Å². The Bertz CT molecular complexity index is 596. The van der Waals surface area contributed by atoms with Crippen molar-refractivity contribution in [3.05, 3.63) is 59.2 Å². The van der Waals surface area contributed by atoms with Crippen molar-refractivity contribution in [2.24, 2.45) is 0 Å². The molecule has 2 aromatic carbocycles. The predicted octanol–water partition coefficient (Wildman–Crippen LogP) is 2.83. The van der Waals surface area contributed by atoms with Crippen molar-refractivity contribution in [2.45, 2.75) is 13.8 Å². The van der Waals surface area contributed by atoms with Gasteiger partial charge < -0.3 is 10.4 Å². The van der Waals surface area contributed by atoms with Gasteiger partial charge in [-0.1, -0.05) is 24.3 Å². The van der Waals surface area contributed by atoms with E-state index in [9.17, 15) is 4.79 Å². The van der Waals surface area contributed by atoms with Gasteiger partial charge in [-0.15, -0.1) is 0 Å². The van der Waals surface area contributed by atoms with Crippen molar-refractivity contribution in [3.63, 3.8) is 0 Å². The number of carboxylic acid groups (broad SMARTS) is 1. The molecule has 0 radical (unpaired) electrons. The second-order valence-electron chi connectivity index (χ2n) is 4.22. The normalized spacial score (nSPS) is 9.58. The van der Waals surface area contributed by atoms with Crippen molar-refractivity contribution in [1.82, 2.24) is 0 Å². The number of carbonyl (C=O) groups is 1. The van der Waals surface area contributed by atoms with Crippen molar-refractivity contribution in [1.29, 1.82) is 0 Å². The number of hydrogen-bond donors (Lipinski definition) is 2. The van der Waals surface area contributed by atoms with Crippen molar-refractivity contribution in [2.75, 3.05) is 5.32 Å². The molecule has 0 aliphatic heterocycles. The molecule has 4 heteroatoms. The van der Waals surface area contributed by atoms with Gasteiger partial charge in [0.15, 0.2) is 0 Å². The fourth-order valence-corrected chi connectivity index (χ4v) is 1.81. The molecule has 0 aliphatic rings. The molecule has 19 heavy (non-hydrogen) atoms. The Balaban J connectivity index is 0.00000180. The molecule has 2 aromatic rings. The molecule has 2 N–H and O–H groups in total. The van der Waals surface area contributed by atoms with Gasteiger partial charge in [-0.3, -0.25) is 0 Å². The Kier molecular flexibility index (Phi) is 5.85. The number of anilines is 2. The number of carboxylic acids is 1. The fourth-order valence-electron chi connectivity index (χ4n) is 1.81. The van der Waals surface area contributed by atoms with Crippen LogP contribution in [0.3, 0.4) is 0 Å². The van der Waals surface area contributed by atoms with Gasteiger partial charge in [-0.2, -0.15) is 0 Å². The molecule has 0 saturated carbocycles. The van der Waals surface area contributed by atoms with Crippen LogP contribution in [0.2, 0.25) is 0 Å². The summed E-state index contributed by atoms with van der Waals surface area (Å²) < 4.78 is 0. The molecular formula is C15H17CaNO2. The van der Waals surface area contributed by atoms with Crippen molar-refractivity contribution in [3.8, 4) is 0 Å². The zero-order valence-corrected chi connectivity index (χ0v) is 10.4. The summed E-state index contributed by atoms with van der Waals surface area (Å²) in [6, 6.07) is 12.8. The van der Waals surface area contributed by atoms with Gasteiger partial charge in [0.25, 0.3) is 0 Å². The van der Waals surface area contributed by atoms with Crippen LogP contribution in [0.25, 0.3) is 0 Å². The number of aromatic carboxylic acids is 1. The number of aryl methyl sites for hydroxylation is 1. The monoisotopic (exact) mass is 283 g/mol. The van der Waals surface area contributed by atoms with Crippen LogP contribution in [0.5, 0.6) is 0 Å². The van der Waals surface area contributed by atoms with Crippen LogP contribution in [-0.2, 0) is 0 Å². The quantitative estimate of drug-likeness (QED) is 0.852. The Morgan fingerprint density at radius 2 is 1.63 bits per heavy atom. The number of para-hydroxylation sites is 1. The third-order valence-electron chi connectivity index (χ3n) is 3.03. The van der Waals surface area contributed by atoms with Gasteiger partial charge in [-0.25, -0.2) is 4.79 Å². The molecular weight excluding hydrogens is 266 g/mol. The molecule has 0 amide bonds. The van der Waals surface area contributed by atoms with Gasteiger partial charge in [-0.05, 0) is 43.2 Å². The summed E-state index contributed by atoms with van der Waals surface area (Å²) in [5.41, 5.74) is 4.12. The van der Waals surface area contributed by atoms with Gasteiger partial charge in [0.1, 0.15) is 0 Å². The van der Waals surface area contributed by atoms with Crippen LogP contribution in [0.15, 0.2) is 42.5 Å². The van der Waals surface area contributed by atoms with E-state index in [1.54, 1.807) is 18.2 Å². The van der Waals surface area contributed by atoms with E-state index in [0.717, 1.165) is 11.3 Å². The van der Waals surface area contributed by atoms with E-state index < -0.39 is 5.97 Å². The van der Waals surface area contributed by atoms with E-state index >= 15 is 0 Å².